The van der Waals surface area contributed by atoms with Crippen molar-refractivity contribution in [3.05, 3.63) is 132 Å². The zero-order valence-corrected chi connectivity index (χ0v) is 21.4. The van der Waals surface area contributed by atoms with Gasteiger partial charge in [0.1, 0.15) is 0 Å². The fourth-order valence-electron chi connectivity index (χ4n) is 4.65. The number of fused-ring (bicyclic) bond motifs is 7. The Balaban J connectivity index is 1.80. The summed E-state index contributed by atoms with van der Waals surface area (Å²) in [6.45, 7) is 16.8. The first-order valence-electron chi connectivity index (χ1n) is 12.5. The molecular formula is C33H35N3. The van der Waals surface area contributed by atoms with Crippen LogP contribution in [0.5, 0.6) is 0 Å². The first-order chi connectivity index (χ1) is 17.4. The summed E-state index contributed by atoms with van der Waals surface area (Å²) in [4.78, 5) is 4.52. The molecule has 0 saturated carbocycles. The number of nitrogens with zero attached hydrogens (tertiary/aromatic N) is 1. The third kappa shape index (κ3) is 5.58. The monoisotopic (exact) mass is 473 g/mol. The number of nitrogens with one attached hydrogen (secondary N) is 1. The predicted molar refractivity (Wildman–Crippen MR) is 155 cm³/mol. The minimum absolute atomic E-state index is 0.670. The van der Waals surface area contributed by atoms with Gasteiger partial charge >= 0.3 is 0 Å². The van der Waals surface area contributed by atoms with Gasteiger partial charge < -0.3 is 11.1 Å². The van der Waals surface area contributed by atoms with Gasteiger partial charge in [0.15, 0.2) is 0 Å². The SMILES string of the molecule is C=C/C=C1\C(C)=C(/C)NC(=C)C(=C)c2cc(ccc2N)-c2cncc(c2)CCCCc2cccc1c2. The average molecular weight is 474 g/mol. The highest BCUT2D eigenvalue weighted by Gasteiger charge is 2.13. The summed E-state index contributed by atoms with van der Waals surface area (Å²) in [5, 5.41) is 3.47. The van der Waals surface area contributed by atoms with Gasteiger partial charge in [-0.1, -0.05) is 62.2 Å². The van der Waals surface area contributed by atoms with E-state index in [4.69, 9.17) is 5.73 Å². The van der Waals surface area contributed by atoms with Crippen molar-refractivity contribution in [2.45, 2.75) is 39.5 Å². The zero-order chi connectivity index (χ0) is 25.7. The van der Waals surface area contributed by atoms with Gasteiger partial charge in [-0.25, -0.2) is 0 Å². The van der Waals surface area contributed by atoms with Crippen LogP contribution >= 0.6 is 0 Å². The number of benzene rings is 2. The molecule has 1 aliphatic rings. The second kappa shape index (κ2) is 11.1. The predicted octanol–water partition coefficient (Wildman–Crippen LogP) is 7.89. The van der Waals surface area contributed by atoms with E-state index < -0.39 is 0 Å². The van der Waals surface area contributed by atoms with Crippen LogP contribution in [0.25, 0.3) is 22.3 Å². The highest BCUT2D eigenvalue weighted by molar-refractivity contribution is 5.86. The molecule has 36 heavy (non-hydrogen) atoms. The summed E-state index contributed by atoms with van der Waals surface area (Å²) in [5.74, 6) is 0. The third-order valence-electron chi connectivity index (χ3n) is 6.88. The maximum atomic E-state index is 6.38. The van der Waals surface area contributed by atoms with Gasteiger partial charge in [-0.2, -0.15) is 0 Å². The van der Waals surface area contributed by atoms with E-state index in [1.807, 2.05) is 30.6 Å². The van der Waals surface area contributed by atoms with Crippen molar-refractivity contribution in [3.8, 4) is 11.1 Å². The van der Waals surface area contributed by atoms with Crippen LogP contribution in [0.15, 0.2) is 110 Å². The summed E-state index contributed by atoms with van der Waals surface area (Å²) in [6, 6.07) is 17.1. The lowest BCUT2D eigenvalue weighted by molar-refractivity contribution is 0.732. The molecule has 0 atom stereocenters. The molecule has 3 aromatic rings. The Morgan fingerprint density at radius 2 is 1.64 bits per heavy atom. The number of aryl methyl sites for hydroxylation is 2. The number of hydrogen-bond acceptors (Lipinski definition) is 3. The van der Waals surface area contributed by atoms with Gasteiger partial charge in [0.05, 0.1) is 0 Å². The summed E-state index contributed by atoms with van der Waals surface area (Å²) >= 11 is 0. The molecule has 2 aromatic carbocycles. The molecule has 0 aliphatic carbocycles. The largest absolute Gasteiger partial charge is 0.398 e. The second-order valence-corrected chi connectivity index (χ2v) is 9.44. The molecule has 3 N–H and O–H groups in total. The highest BCUT2D eigenvalue weighted by atomic mass is 14.9. The van der Waals surface area contributed by atoms with E-state index in [9.17, 15) is 0 Å². The van der Waals surface area contributed by atoms with E-state index >= 15 is 0 Å². The number of nitrogens with two attached hydrogens (primary N) is 1. The van der Waals surface area contributed by atoms with Crippen molar-refractivity contribution in [3.63, 3.8) is 0 Å². The molecule has 1 aliphatic heterocycles. The molecule has 0 saturated heterocycles. The van der Waals surface area contributed by atoms with Gasteiger partial charge in [0.2, 0.25) is 0 Å². The summed E-state index contributed by atoms with van der Waals surface area (Å²) in [6.07, 6.45) is 12.1. The molecular weight excluding hydrogens is 438 g/mol. The molecule has 2 heterocycles. The van der Waals surface area contributed by atoms with Crippen LogP contribution in [0.2, 0.25) is 0 Å². The quantitative estimate of drug-likeness (QED) is 0.353. The lowest BCUT2D eigenvalue weighted by Crippen LogP contribution is -2.13. The first-order valence-corrected chi connectivity index (χ1v) is 12.5. The molecule has 0 unspecified atom stereocenters. The van der Waals surface area contributed by atoms with Gasteiger partial charge in [-0.05, 0) is 96.7 Å². The van der Waals surface area contributed by atoms with Crippen LogP contribution in [-0.2, 0) is 12.8 Å². The minimum atomic E-state index is 0.670. The van der Waals surface area contributed by atoms with Crippen LogP contribution in [0, 0.1) is 0 Å². The number of allylic oxidation sites excluding steroid dienone is 6. The maximum Gasteiger partial charge on any atom is 0.0394 e. The summed E-state index contributed by atoms with van der Waals surface area (Å²) in [5.41, 5.74) is 18.6. The fraction of sp³-hybridized carbons (Fsp3) is 0.182. The number of pyridine rings is 1. The van der Waals surface area contributed by atoms with Crippen LogP contribution in [0.3, 0.4) is 0 Å². The third-order valence-corrected chi connectivity index (χ3v) is 6.88. The van der Waals surface area contributed by atoms with Crippen molar-refractivity contribution >= 4 is 16.8 Å². The molecule has 6 bridgehead atoms. The lowest BCUT2D eigenvalue weighted by atomic mass is 9.94. The average Bonchev–Trinajstić information content (AvgIpc) is 2.89. The van der Waals surface area contributed by atoms with Crippen LogP contribution in [0.4, 0.5) is 5.69 Å². The van der Waals surface area contributed by atoms with Crippen molar-refractivity contribution in [2.75, 3.05) is 5.73 Å². The van der Waals surface area contributed by atoms with Crippen LogP contribution < -0.4 is 11.1 Å². The van der Waals surface area contributed by atoms with E-state index in [1.54, 1.807) is 0 Å². The normalized spacial score (nSPS) is 18.1. The van der Waals surface area contributed by atoms with Gasteiger partial charge in [-0.15, -0.1) is 0 Å². The number of aromatic nitrogens is 1. The molecule has 3 nitrogen and oxygen atoms in total. The maximum absolute atomic E-state index is 6.38. The number of rotatable bonds is 1. The van der Waals surface area contributed by atoms with Gasteiger partial charge in [0.25, 0.3) is 0 Å². The Bertz CT molecular complexity index is 1390. The fourth-order valence-corrected chi connectivity index (χ4v) is 4.65. The topological polar surface area (TPSA) is 50.9 Å². The summed E-state index contributed by atoms with van der Waals surface area (Å²) < 4.78 is 0. The van der Waals surface area contributed by atoms with Gasteiger partial charge in [0, 0.05) is 40.6 Å². The highest BCUT2D eigenvalue weighted by Crippen LogP contribution is 2.32. The summed E-state index contributed by atoms with van der Waals surface area (Å²) in [7, 11) is 0. The van der Waals surface area contributed by atoms with E-state index in [0.717, 1.165) is 64.8 Å². The van der Waals surface area contributed by atoms with Crippen molar-refractivity contribution in [2.24, 2.45) is 0 Å². The van der Waals surface area contributed by atoms with Crippen molar-refractivity contribution < 1.29 is 0 Å². The smallest absolute Gasteiger partial charge is 0.0394 e. The molecule has 0 fully saturated rings. The Morgan fingerprint density at radius 1 is 0.889 bits per heavy atom. The molecule has 3 heteroatoms. The van der Waals surface area contributed by atoms with E-state index in [2.05, 4.69) is 86.4 Å². The Morgan fingerprint density at radius 3 is 2.42 bits per heavy atom. The Labute approximate surface area is 215 Å². The van der Waals surface area contributed by atoms with E-state index in [-0.39, 0.29) is 0 Å². The van der Waals surface area contributed by atoms with Crippen LogP contribution in [-0.4, -0.2) is 4.98 Å². The molecule has 0 radical (unpaired) electrons. The van der Waals surface area contributed by atoms with Crippen molar-refractivity contribution in [1.82, 2.24) is 10.3 Å². The zero-order valence-electron chi connectivity index (χ0n) is 21.4. The minimum Gasteiger partial charge on any atom is -0.398 e. The first kappa shape index (κ1) is 25.0. The van der Waals surface area contributed by atoms with E-state index in [1.165, 1.54) is 16.7 Å². The molecule has 182 valence electrons. The van der Waals surface area contributed by atoms with Crippen LogP contribution in [0.1, 0.15) is 48.9 Å². The lowest BCUT2D eigenvalue weighted by Gasteiger charge is -2.19. The number of nitrogen functional groups attached to an aromatic ring is 1. The molecule has 0 amide bonds. The van der Waals surface area contributed by atoms with Crippen molar-refractivity contribution in [1.29, 1.82) is 0 Å². The van der Waals surface area contributed by atoms with E-state index in [0.29, 0.717) is 11.4 Å². The standard InChI is InChI=1S/C33H35N3/c1-6-10-31-22(2)24(4)36-25(5)23(3)32-19-28(15-16-33(32)34)30-18-27(20-35-21-30)12-8-7-11-26-13-9-14-29(31)17-26/h6,9-10,13-21,36H,1,3,5,7-8,11-12,34H2,2,4H3/b24-22+,31-10+. The van der Waals surface area contributed by atoms with Gasteiger partial charge in [-0.3, -0.25) is 4.98 Å². The Hall–Kier alpha value is -4.11. The molecule has 1 aromatic heterocycles. The molecule has 4 rings (SSSR count). The Kier molecular flexibility index (Phi) is 7.70. The molecule has 0 spiro atoms. The second-order valence-electron chi connectivity index (χ2n) is 9.44. The number of hydrogen-bond donors (Lipinski definition) is 2. The number of anilines is 1.